The van der Waals surface area contributed by atoms with Crippen molar-refractivity contribution in [2.24, 2.45) is 0 Å². The molecule has 0 aliphatic carbocycles. The summed E-state index contributed by atoms with van der Waals surface area (Å²) in [6.07, 6.45) is 6.68. The second-order valence-corrected chi connectivity index (χ2v) is 6.86. The Morgan fingerprint density at radius 1 is 1.21 bits per heavy atom. The third kappa shape index (κ3) is 2.83. The molecule has 2 aliphatic heterocycles. The molecule has 7 nitrogen and oxygen atoms in total. The van der Waals surface area contributed by atoms with Gasteiger partial charge in [-0.05, 0) is 32.6 Å². The van der Waals surface area contributed by atoms with Gasteiger partial charge in [0.15, 0.2) is 0 Å². The molecule has 1 atom stereocenters. The number of aryl methyl sites for hydroxylation is 2. The average molecular weight is 329 g/mol. The van der Waals surface area contributed by atoms with E-state index < -0.39 is 0 Å². The quantitative estimate of drug-likeness (QED) is 0.845. The number of carbonyl (C=O) groups is 1. The van der Waals surface area contributed by atoms with E-state index >= 15 is 0 Å². The highest BCUT2D eigenvalue weighted by Gasteiger charge is 2.31. The van der Waals surface area contributed by atoms with Gasteiger partial charge in [-0.25, -0.2) is 0 Å². The number of carbonyl (C=O) groups excluding carboxylic acids is 1. The van der Waals surface area contributed by atoms with Crippen LogP contribution in [0.1, 0.15) is 65.9 Å². The van der Waals surface area contributed by atoms with E-state index in [1.54, 1.807) is 6.07 Å². The number of amides is 1. The highest BCUT2D eigenvalue weighted by atomic mass is 16.5. The molecule has 0 saturated carbocycles. The van der Waals surface area contributed by atoms with Gasteiger partial charge < -0.3 is 14.0 Å². The van der Waals surface area contributed by atoms with E-state index in [4.69, 9.17) is 4.52 Å². The van der Waals surface area contributed by atoms with Crippen LogP contribution in [-0.2, 0) is 13.0 Å². The van der Waals surface area contributed by atoms with Gasteiger partial charge in [-0.15, -0.1) is 10.2 Å². The molecule has 0 unspecified atom stereocenters. The first-order valence-corrected chi connectivity index (χ1v) is 8.87. The molecule has 2 aromatic rings. The minimum absolute atomic E-state index is 0.0732. The molecule has 1 saturated heterocycles. The van der Waals surface area contributed by atoms with E-state index in [-0.39, 0.29) is 11.8 Å². The Morgan fingerprint density at radius 3 is 2.96 bits per heavy atom. The standard InChI is InChI=1S/C17H23N5O2/c1-12-10-14(24-20-12)17(23)21-8-5-6-13(11-21)16-19-18-15-7-3-2-4-9-22(15)16/h10,13H,2-9,11H2,1H3/t13-/m0/s1. The minimum atomic E-state index is -0.0732. The smallest absolute Gasteiger partial charge is 0.292 e. The van der Waals surface area contributed by atoms with Crippen LogP contribution in [-0.4, -0.2) is 43.8 Å². The Morgan fingerprint density at radius 2 is 2.12 bits per heavy atom. The highest BCUT2D eigenvalue weighted by Crippen LogP contribution is 2.28. The molecule has 0 radical (unpaired) electrons. The van der Waals surface area contributed by atoms with Crippen LogP contribution in [0, 0.1) is 6.92 Å². The number of fused-ring (bicyclic) bond motifs is 1. The monoisotopic (exact) mass is 329 g/mol. The zero-order valence-corrected chi connectivity index (χ0v) is 14.1. The Bertz CT molecular complexity index is 735. The lowest BCUT2D eigenvalue weighted by Crippen LogP contribution is -2.39. The number of aromatic nitrogens is 4. The van der Waals surface area contributed by atoms with Gasteiger partial charge in [0.2, 0.25) is 5.76 Å². The molecule has 2 aromatic heterocycles. The number of piperidine rings is 1. The van der Waals surface area contributed by atoms with E-state index in [1.165, 1.54) is 19.3 Å². The van der Waals surface area contributed by atoms with Crippen LogP contribution in [0.4, 0.5) is 0 Å². The van der Waals surface area contributed by atoms with Gasteiger partial charge in [-0.3, -0.25) is 4.79 Å². The Balaban J connectivity index is 1.53. The zero-order valence-electron chi connectivity index (χ0n) is 14.1. The molecular weight excluding hydrogens is 306 g/mol. The summed E-state index contributed by atoms with van der Waals surface area (Å²) in [5.41, 5.74) is 0.731. The largest absolute Gasteiger partial charge is 0.351 e. The summed E-state index contributed by atoms with van der Waals surface area (Å²) in [6, 6.07) is 1.70. The first kappa shape index (κ1) is 15.4. The topological polar surface area (TPSA) is 77.0 Å². The van der Waals surface area contributed by atoms with E-state index in [2.05, 4.69) is 19.9 Å². The molecule has 0 bridgehead atoms. The SMILES string of the molecule is Cc1cc(C(=O)N2CCC[C@H](c3nnc4n3CCCCC4)C2)on1. The van der Waals surface area contributed by atoms with Crippen molar-refractivity contribution in [3.8, 4) is 0 Å². The van der Waals surface area contributed by atoms with Crippen LogP contribution < -0.4 is 0 Å². The van der Waals surface area contributed by atoms with Crippen molar-refractivity contribution >= 4 is 5.91 Å². The Kier molecular flexibility index (Phi) is 4.08. The third-order valence-corrected chi connectivity index (χ3v) is 5.05. The number of rotatable bonds is 2. The van der Waals surface area contributed by atoms with Crippen molar-refractivity contribution < 1.29 is 9.32 Å². The number of hydrogen-bond donors (Lipinski definition) is 0. The molecule has 0 N–H and O–H groups in total. The molecule has 1 fully saturated rings. The second kappa shape index (κ2) is 6.37. The van der Waals surface area contributed by atoms with Crippen molar-refractivity contribution in [1.29, 1.82) is 0 Å². The van der Waals surface area contributed by atoms with Crippen LogP contribution in [0.5, 0.6) is 0 Å². The predicted molar refractivity (Wildman–Crippen MR) is 86.7 cm³/mol. The molecule has 24 heavy (non-hydrogen) atoms. The van der Waals surface area contributed by atoms with Crippen molar-refractivity contribution in [2.45, 2.75) is 57.9 Å². The third-order valence-electron chi connectivity index (χ3n) is 5.05. The summed E-state index contributed by atoms with van der Waals surface area (Å²) in [5.74, 6) is 2.67. The fourth-order valence-electron chi connectivity index (χ4n) is 3.80. The molecule has 0 spiro atoms. The van der Waals surface area contributed by atoms with Crippen LogP contribution >= 0.6 is 0 Å². The fraction of sp³-hybridized carbons (Fsp3) is 0.647. The van der Waals surface area contributed by atoms with E-state index in [0.717, 1.165) is 49.7 Å². The summed E-state index contributed by atoms with van der Waals surface area (Å²) >= 11 is 0. The maximum absolute atomic E-state index is 12.6. The lowest BCUT2D eigenvalue weighted by molar-refractivity contribution is 0.0661. The average Bonchev–Trinajstić information content (AvgIpc) is 3.14. The van der Waals surface area contributed by atoms with E-state index in [9.17, 15) is 4.79 Å². The molecule has 2 aliphatic rings. The van der Waals surface area contributed by atoms with Gasteiger partial charge in [-0.2, -0.15) is 0 Å². The molecule has 1 amide bonds. The van der Waals surface area contributed by atoms with Crippen LogP contribution in [0.2, 0.25) is 0 Å². The van der Waals surface area contributed by atoms with Gasteiger partial charge in [0.25, 0.3) is 5.91 Å². The van der Waals surface area contributed by atoms with Crippen molar-refractivity contribution in [2.75, 3.05) is 13.1 Å². The first-order chi connectivity index (χ1) is 11.7. The van der Waals surface area contributed by atoms with Crippen molar-refractivity contribution in [3.63, 3.8) is 0 Å². The van der Waals surface area contributed by atoms with Crippen LogP contribution in [0.15, 0.2) is 10.6 Å². The summed E-state index contributed by atoms with van der Waals surface area (Å²) in [6.45, 7) is 4.26. The number of nitrogens with zero attached hydrogens (tertiary/aromatic N) is 5. The first-order valence-electron chi connectivity index (χ1n) is 8.87. The van der Waals surface area contributed by atoms with Gasteiger partial charge >= 0.3 is 0 Å². The number of likely N-dealkylation sites (tertiary alicyclic amines) is 1. The van der Waals surface area contributed by atoms with Crippen molar-refractivity contribution in [1.82, 2.24) is 24.8 Å². The van der Waals surface area contributed by atoms with E-state index in [0.29, 0.717) is 12.3 Å². The molecule has 128 valence electrons. The lowest BCUT2D eigenvalue weighted by atomic mass is 9.96. The second-order valence-electron chi connectivity index (χ2n) is 6.86. The Labute approximate surface area is 141 Å². The maximum Gasteiger partial charge on any atom is 0.292 e. The van der Waals surface area contributed by atoms with Gasteiger partial charge in [0.05, 0.1) is 5.69 Å². The zero-order chi connectivity index (χ0) is 16.5. The highest BCUT2D eigenvalue weighted by molar-refractivity contribution is 5.91. The van der Waals surface area contributed by atoms with E-state index in [1.807, 2.05) is 11.8 Å². The summed E-state index contributed by atoms with van der Waals surface area (Å²) in [5, 5.41) is 12.7. The van der Waals surface area contributed by atoms with Gasteiger partial charge in [0, 0.05) is 38.0 Å². The van der Waals surface area contributed by atoms with Crippen LogP contribution in [0.3, 0.4) is 0 Å². The molecule has 4 heterocycles. The molecule has 7 heteroatoms. The minimum Gasteiger partial charge on any atom is -0.351 e. The molecular formula is C17H23N5O2. The normalized spacial score (nSPS) is 21.4. The van der Waals surface area contributed by atoms with Gasteiger partial charge in [-0.1, -0.05) is 11.6 Å². The molecule has 4 rings (SSSR count). The number of hydrogen-bond acceptors (Lipinski definition) is 5. The maximum atomic E-state index is 12.6. The van der Waals surface area contributed by atoms with Crippen molar-refractivity contribution in [3.05, 3.63) is 29.2 Å². The van der Waals surface area contributed by atoms with Gasteiger partial charge in [0.1, 0.15) is 11.6 Å². The summed E-state index contributed by atoms with van der Waals surface area (Å²) in [7, 11) is 0. The molecule has 0 aromatic carbocycles. The Hall–Kier alpha value is -2.18. The fourth-order valence-corrected chi connectivity index (χ4v) is 3.80. The predicted octanol–water partition coefficient (Wildman–Crippen LogP) is 2.32. The summed E-state index contributed by atoms with van der Waals surface area (Å²) < 4.78 is 7.43. The lowest BCUT2D eigenvalue weighted by Gasteiger charge is -2.31. The van der Waals surface area contributed by atoms with Crippen LogP contribution in [0.25, 0.3) is 0 Å². The summed E-state index contributed by atoms with van der Waals surface area (Å²) in [4.78, 5) is 14.5.